The highest BCUT2D eigenvalue weighted by Crippen LogP contribution is 2.24. The number of likely N-dealkylation sites (tertiary alicyclic amines) is 1. The van der Waals surface area contributed by atoms with Crippen LogP contribution in [0.1, 0.15) is 32.6 Å². The summed E-state index contributed by atoms with van der Waals surface area (Å²) in [6.45, 7) is 5.80. The van der Waals surface area contributed by atoms with Crippen LogP contribution in [0, 0.1) is 28.6 Å². The number of hydrogen-bond donors (Lipinski definition) is 3. The molecule has 1 unspecified atom stereocenters. The number of primary amides is 1. The maximum absolute atomic E-state index is 12.2. The van der Waals surface area contributed by atoms with Gasteiger partial charge in [-0.05, 0) is 37.8 Å². The fourth-order valence-corrected chi connectivity index (χ4v) is 4.91. The van der Waals surface area contributed by atoms with E-state index in [-0.39, 0.29) is 18.6 Å². The van der Waals surface area contributed by atoms with Gasteiger partial charge in [0.15, 0.2) is 6.29 Å². The van der Waals surface area contributed by atoms with Crippen molar-refractivity contribution in [1.29, 1.82) is 10.5 Å². The maximum atomic E-state index is 12.2. The number of rotatable bonds is 6. The Labute approximate surface area is 216 Å². The van der Waals surface area contributed by atoms with E-state index in [1.54, 1.807) is 11.1 Å². The molecule has 1 aromatic heterocycles. The molecule has 1 atom stereocenters. The molecule has 12 heteroatoms. The molecule has 37 heavy (non-hydrogen) atoms. The zero-order valence-electron chi connectivity index (χ0n) is 21.0. The van der Waals surface area contributed by atoms with Gasteiger partial charge in [0, 0.05) is 51.4 Å². The van der Waals surface area contributed by atoms with Gasteiger partial charge in [-0.2, -0.15) is 10.5 Å². The lowest BCUT2D eigenvalue weighted by Crippen LogP contribution is -2.51. The van der Waals surface area contributed by atoms with E-state index in [0.717, 1.165) is 31.7 Å². The molecule has 2 amide bonds. The molecule has 12 nitrogen and oxygen atoms in total. The number of carbonyl (C=O) groups is 2. The van der Waals surface area contributed by atoms with Gasteiger partial charge in [0.2, 0.25) is 5.91 Å². The fraction of sp³-hybridized carbons (Fsp3) is 0.520. The summed E-state index contributed by atoms with van der Waals surface area (Å²) < 4.78 is 0. The molecule has 0 saturated carbocycles. The Morgan fingerprint density at radius 3 is 2.46 bits per heavy atom. The highest BCUT2D eigenvalue weighted by molar-refractivity contribution is 6.25. The van der Waals surface area contributed by atoms with Crippen molar-refractivity contribution >= 4 is 29.2 Å². The van der Waals surface area contributed by atoms with Crippen LogP contribution in [0.2, 0.25) is 0 Å². The van der Waals surface area contributed by atoms with Gasteiger partial charge in [0.25, 0.3) is 5.91 Å². The molecule has 0 bridgehead atoms. The van der Waals surface area contributed by atoms with Crippen molar-refractivity contribution in [3.63, 3.8) is 0 Å². The quantitative estimate of drug-likeness (QED) is 0.506. The van der Waals surface area contributed by atoms with Gasteiger partial charge in [0.1, 0.15) is 23.6 Å². The van der Waals surface area contributed by atoms with Gasteiger partial charge in [-0.15, -0.1) is 0 Å². The maximum Gasteiger partial charge on any atom is 0.254 e. The summed E-state index contributed by atoms with van der Waals surface area (Å²) in [5, 5.41) is 24.2. The van der Waals surface area contributed by atoms with E-state index in [0.29, 0.717) is 61.3 Å². The molecule has 4 N–H and O–H groups in total. The van der Waals surface area contributed by atoms with Crippen molar-refractivity contribution in [1.82, 2.24) is 20.1 Å². The van der Waals surface area contributed by atoms with Crippen LogP contribution in [0.5, 0.6) is 0 Å². The highest BCUT2D eigenvalue weighted by Gasteiger charge is 2.31. The second kappa shape index (κ2) is 11.7. The summed E-state index contributed by atoms with van der Waals surface area (Å²) in [7, 11) is 0. The van der Waals surface area contributed by atoms with Crippen molar-refractivity contribution in [2.24, 2.45) is 16.6 Å². The number of amidine groups is 1. The number of nitrogens with one attached hydrogen (secondary N) is 2. The van der Waals surface area contributed by atoms with Crippen LogP contribution < -0.4 is 21.3 Å². The Morgan fingerprint density at radius 2 is 1.86 bits per heavy atom. The standard InChI is InChI=1S/C25H32N10O2/c1-17-22(23(28)37)24(32-25(30-17)35-10-6-18(4-8-26)7-11-35)31-19-2-3-20(29-16-19)33-12-14-34(15-13-33)21(36)5-9-27/h2-3,16,18,25,30H,4-7,10-15H2,1H3,(H2,28,37)(H,31,32). The molecular weight excluding hydrogens is 472 g/mol. The van der Waals surface area contributed by atoms with Crippen molar-refractivity contribution in [2.75, 3.05) is 49.5 Å². The Bertz CT molecular complexity index is 1150. The van der Waals surface area contributed by atoms with Crippen LogP contribution in [-0.2, 0) is 9.59 Å². The molecule has 4 heterocycles. The Kier molecular flexibility index (Phi) is 8.21. The summed E-state index contributed by atoms with van der Waals surface area (Å²) in [5.41, 5.74) is 7.31. The van der Waals surface area contributed by atoms with Crippen LogP contribution in [0.15, 0.2) is 34.6 Å². The molecule has 0 aromatic carbocycles. The fourth-order valence-electron chi connectivity index (χ4n) is 4.91. The molecule has 0 radical (unpaired) electrons. The number of hydrogen-bond acceptors (Lipinski definition) is 10. The predicted molar refractivity (Wildman–Crippen MR) is 138 cm³/mol. The number of pyridine rings is 1. The number of piperidine rings is 1. The van der Waals surface area contributed by atoms with E-state index in [1.807, 2.05) is 25.1 Å². The second-order valence-electron chi connectivity index (χ2n) is 9.43. The van der Waals surface area contributed by atoms with Gasteiger partial charge in [-0.1, -0.05) is 0 Å². The van der Waals surface area contributed by atoms with Crippen LogP contribution in [-0.4, -0.2) is 78.0 Å². The van der Waals surface area contributed by atoms with E-state index in [1.165, 1.54) is 0 Å². The molecule has 3 aliphatic rings. The van der Waals surface area contributed by atoms with Crippen LogP contribution in [0.4, 0.5) is 11.5 Å². The van der Waals surface area contributed by atoms with Gasteiger partial charge in [-0.25, -0.2) is 9.98 Å². The zero-order chi connectivity index (χ0) is 26.4. The second-order valence-corrected chi connectivity index (χ2v) is 9.43. The summed E-state index contributed by atoms with van der Waals surface area (Å²) in [4.78, 5) is 39.5. The largest absolute Gasteiger partial charge is 0.365 e. The van der Waals surface area contributed by atoms with Gasteiger partial charge in [-0.3, -0.25) is 14.5 Å². The molecule has 0 spiro atoms. The smallest absolute Gasteiger partial charge is 0.254 e. The topological polar surface area (TPSA) is 167 Å². The number of anilines is 2. The Balaban J connectivity index is 1.42. The van der Waals surface area contributed by atoms with E-state index < -0.39 is 5.91 Å². The first-order chi connectivity index (χ1) is 17.9. The minimum Gasteiger partial charge on any atom is -0.365 e. The first kappa shape index (κ1) is 25.9. The Morgan fingerprint density at radius 1 is 1.14 bits per heavy atom. The van der Waals surface area contributed by atoms with Crippen molar-refractivity contribution in [3.8, 4) is 12.1 Å². The molecule has 3 aliphatic heterocycles. The van der Waals surface area contributed by atoms with E-state index in [2.05, 4.69) is 31.5 Å². The number of amides is 2. The van der Waals surface area contributed by atoms with Crippen LogP contribution in [0.3, 0.4) is 0 Å². The third-order valence-electron chi connectivity index (χ3n) is 7.03. The van der Waals surface area contributed by atoms with Gasteiger partial charge >= 0.3 is 0 Å². The summed E-state index contributed by atoms with van der Waals surface area (Å²) in [6, 6.07) is 7.92. The lowest BCUT2D eigenvalue weighted by molar-refractivity contribution is -0.130. The monoisotopic (exact) mass is 504 g/mol. The third-order valence-corrected chi connectivity index (χ3v) is 7.03. The molecule has 1 aromatic rings. The SMILES string of the molecule is CC1=C(C(N)=O)C(Nc2ccc(N3CCN(C(=O)CC#N)CC3)nc2)=NC(N2CCC(CC#N)CC2)N1. The number of carbonyl (C=O) groups excluding carboxylic acids is 2. The van der Waals surface area contributed by atoms with Gasteiger partial charge < -0.3 is 26.2 Å². The van der Waals surface area contributed by atoms with E-state index in [4.69, 9.17) is 21.2 Å². The zero-order valence-corrected chi connectivity index (χ0v) is 21.0. The summed E-state index contributed by atoms with van der Waals surface area (Å²) in [6.07, 6.45) is 3.69. The molecule has 4 rings (SSSR count). The average Bonchev–Trinajstić information content (AvgIpc) is 2.89. The average molecular weight is 505 g/mol. The van der Waals surface area contributed by atoms with Crippen molar-refractivity contribution < 1.29 is 9.59 Å². The molecule has 0 aliphatic carbocycles. The molecule has 2 saturated heterocycles. The molecule has 2 fully saturated rings. The number of nitriles is 2. The van der Waals surface area contributed by atoms with Crippen molar-refractivity contribution in [3.05, 3.63) is 29.6 Å². The highest BCUT2D eigenvalue weighted by atomic mass is 16.2. The van der Waals surface area contributed by atoms with E-state index >= 15 is 0 Å². The first-order valence-corrected chi connectivity index (χ1v) is 12.5. The molecule has 194 valence electrons. The number of nitrogens with zero attached hydrogens (tertiary/aromatic N) is 7. The lowest BCUT2D eigenvalue weighted by atomic mass is 9.94. The van der Waals surface area contributed by atoms with Crippen molar-refractivity contribution in [2.45, 2.75) is 38.9 Å². The third kappa shape index (κ3) is 6.16. The Hall–Kier alpha value is -4.16. The summed E-state index contributed by atoms with van der Waals surface area (Å²) >= 11 is 0. The molecular formula is C25H32N10O2. The summed E-state index contributed by atoms with van der Waals surface area (Å²) in [5.74, 6) is 0.874. The van der Waals surface area contributed by atoms with E-state index in [9.17, 15) is 9.59 Å². The number of nitrogens with two attached hydrogens (primary N) is 1. The number of piperazine rings is 1. The minimum absolute atomic E-state index is 0.0977. The predicted octanol–water partition coefficient (Wildman–Crippen LogP) is 0.726. The lowest BCUT2D eigenvalue weighted by Gasteiger charge is -2.38. The number of aromatic nitrogens is 1. The van der Waals surface area contributed by atoms with Crippen LogP contribution >= 0.6 is 0 Å². The normalized spacial score (nSPS) is 20.9. The number of allylic oxidation sites excluding steroid dienone is 1. The minimum atomic E-state index is -0.573. The number of aliphatic imine (C=N–C) groups is 1. The van der Waals surface area contributed by atoms with Crippen LogP contribution in [0.25, 0.3) is 0 Å². The van der Waals surface area contributed by atoms with Gasteiger partial charge in [0.05, 0.1) is 24.0 Å². The first-order valence-electron chi connectivity index (χ1n) is 12.5.